The summed E-state index contributed by atoms with van der Waals surface area (Å²) in [5.74, 6) is 0.147. The van der Waals surface area contributed by atoms with Crippen molar-refractivity contribution in [3.63, 3.8) is 0 Å². The van der Waals surface area contributed by atoms with Crippen molar-refractivity contribution in [2.45, 2.75) is 50.6 Å². The quantitative estimate of drug-likeness (QED) is 0.760. The minimum absolute atomic E-state index is 0.142. The van der Waals surface area contributed by atoms with Crippen molar-refractivity contribution in [3.05, 3.63) is 71.8 Å². The summed E-state index contributed by atoms with van der Waals surface area (Å²) in [5.41, 5.74) is 2.62. The number of hydrogen-bond acceptors (Lipinski definition) is 3. The van der Waals surface area contributed by atoms with Gasteiger partial charge in [0.05, 0.1) is 6.42 Å². The van der Waals surface area contributed by atoms with Gasteiger partial charge < -0.3 is 5.32 Å². The van der Waals surface area contributed by atoms with Gasteiger partial charge in [-0.15, -0.1) is 0 Å². The highest BCUT2D eigenvalue weighted by molar-refractivity contribution is 5.78. The van der Waals surface area contributed by atoms with E-state index in [1.54, 1.807) is 0 Å². The van der Waals surface area contributed by atoms with Crippen LogP contribution in [0.15, 0.2) is 60.7 Å². The predicted molar refractivity (Wildman–Crippen MR) is 122 cm³/mol. The maximum Gasteiger partial charge on any atom is 0.224 e. The van der Waals surface area contributed by atoms with Crippen molar-refractivity contribution in [3.8, 4) is 0 Å². The minimum atomic E-state index is 0.142. The lowest BCUT2D eigenvalue weighted by Gasteiger charge is -2.50. The molecule has 2 aromatic rings. The van der Waals surface area contributed by atoms with E-state index < -0.39 is 0 Å². The van der Waals surface area contributed by atoms with E-state index in [2.05, 4.69) is 45.4 Å². The Morgan fingerprint density at radius 1 is 0.800 bits per heavy atom. The molecular weight excluding hydrogens is 370 g/mol. The molecule has 2 aliphatic rings. The van der Waals surface area contributed by atoms with E-state index >= 15 is 0 Å². The van der Waals surface area contributed by atoms with Gasteiger partial charge in [0.15, 0.2) is 0 Å². The standard InChI is InChI=1S/C26H35N3O/c30-25(20-23-10-4-1-5-11-23)27-22-26(14-8-3-9-15-26)29-18-16-28(17-19-29)21-24-12-6-2-7-13-24/h1-2,4-7,10-13H,3,8-9,14-22H2,(H,27,30). The molecule has 1 heterocycles. The molecule has 0 radical (unpaired) electrons. The van der Waals surface area contributed by atoms with Gasteiger partial charge in [-0.2, -0.15) is 0 Å². The zero-order valence-corrected chi connectivity index (χ0v) is 18.1. The van der Waals surface area contributed by atoms with E-state index in [4.69, 9.17) is 0 Å². The number of carbonyl (C=O) groups excluding carboxylic acids is 1. The first-order chi connectivity index (χ1) is 14.7. The van der Waals surface area contributed by atoms with E-state index in [-0.39, 0.29) is 11.4 Å². The van der Waals surface area contributed by atoms with E-state index in [1.807, 2.05) is 30.3 Å². The fourth-order valence-corrected chi connectivity index (χ4v) is 5.14. The van der Waals surface area contributed by atoms with Crippen LogP contribution in [0.1, 0.15) is 43.2 Å². The van der Waals surface area contributed by atoms with Crippen molar-refractivity contribution >= 4 is 5.91 Å². The second-order valence-electron chi connectivity index (χ2n) is 8.97. The molecule has 1 aliphatic carbocycles. The van der Waals surface area contributed by atoms with Crippen LogP contribution in [0.2, 0.25) is 0 Å². The number of nitrogens with one attached hydrogen (secondary N) is 1. The third-order valence-electron chi connectivity index (χ3n) is 6.90. The Hall–Kier alpha value is -2.17. The second kappa shape index (κ2) is 10.2. The normalized spacial score (nSPS) is 20.0. The van der Waals surface area contributed by atoms with Crippen molar-refractivity contribution in [2.75, 3.05) is 32.7 Å². The Balaban J connectivity index is 1.32. The molecule has 4 heteroatoms. The van der Waals surface area contributed by atoms with Crippen LogP contribution in [0.4, 0.5) is 0 Å². The van der Waals surface area contributed by atoms with Crippen LogP contribution < -0.4 is 5.32 Å². The zero-order valence-electron chi connectivity index (χ0n) is 18.1. The molecule has 0 bridgehead atoms. The van der Waals surface area contributed by atoms with E-state index in [9.17, 15) is 4.79 Å². The number of rotatable bonds is 7. The molecule has 0 atom stereocenters. The molecule has 0 spiro atoms. The zero-order chi connectivity index (χ0) is 20.7. The summed E-state index contributed by atoms with van der Waals surface area (Å²) in [6.07, 6.45) is 6.77. The Morgan fingerprint density at radius 2 is 1.40 bits per heavy atom. The van der Waals surface area contributed by atoms with Gasteiger partial charge in [0.25, 0.3) is 0 Å². The predicted octanol–water partition coefficient (Wildman–Crippen LogP) is 3.87. The summed E-state index contributed by atoms with van der Waals surface area (Å²) in [6, 6.07) is 20.8. The maximum absolute atomic E-state index is 12.6. The van der Waals surface area contributed by atoms with E-state index in [1.165, 1.54) is 37.7 Å². The third kappa shape index (κ3) is 5.50. The van der Waals surface area contributed by atoms with Crippen LogP contribution >= 0.6 is 0 Å². The Bertz CT molecular complexity index is 778. The molecule has 1 N–H and O–H groups in total. The van der Waals surface area contributed by atoms with Crippen molar-refractivity contribution in [1.82, 2.24) is 15.1 Å². The fourth-order valence-electron chi connectivity index (χ4n) is 5.14. The fraction of sp³-hybridized carbons (Fsp3) is 0.500. The number of piperazine rings is 1. The first-order valence-corrected chi connectivity index (χ1v) is 11.6. The Labute approximate surface area is 181 Å². The maximum atomic E-state index is 12.6. The number of nitrogens with zero attached hydrogens (tertiary/aromatic N) is 2. The van der Waals surface area contributed by atoms with Gasteiger partial charge in [-0.1, -0.05) is 79.9 Å². The van der Waals surface area contributed by atoms with Crippen LogP contribution in [0.25, 0.3) is 0 Å². The molecule has 0 aromatic heterocycles. The highest BCUT2D eigenvalue weighted by Crippen LogP contribution is 2.34. The molecule has 1 saturated carbocycles. The molecule has 1 aliphatic heterocycles. The van der Waals surface area contributed by atoms with Gasteiger partial charge >= 0.3 is 0 Å². The number of amides is 1. The second-order valence-corrected chi connectivity index (χ2v) is 8.97. The van der Waals surface area contributed by atoms with Crippen molar-refractivity contribution in [2.24, 2.45) is 0 Å². The lowest BCUT2D eigenvalue weighted by molar-refractivity contribution is -0.121. The van der Waals surface area contributed by atoms with Gasteiger partial charge in [-0.25, -0.2) is 0 Å². The lowest BCUT2D eigenvalue weighted by atomic mass is 9.79. The lowest BCUT2D eigenvalue weighted by Crippen LogP contribution is -2.61. The SMILES string of the molecule is O=C(Cc1ccccc1)NCC1(N2CCN(Cc3ccccc3)CC2)CCCCC1. The average Bonchev–Trinajstić information content (AvgIpc) is 2.80. The molecule has 2 aromatic carbocycles. The Morgan fingerprint density at radius 3 is 2.03 bits per heavy atom. The van der Waals surface area contributed by atoms with Crippen LogP contribution in [0.3, 0.4) is 0 Å². The van der Waals surface area contributed by atoms with E-state index in [0.29, 0.717) is 6.42 Å². The first kappa shape index (κ1) is 21.1. The van der Waals surface area contributed by atoms with Gasteiger partial charge in [0, 0.05) is 44.8 Å². The molecule has 30 heavy (non-hydrogen) atoms. The molecule has 1 amide bonds. The molecular formula is C26H35N3O. The molecule has 4 nitrogen and oxygen atoms in total. The van der Waals surface area contributed by atoms with Crippen LogP contribution in [-0.4, -0.2) is 54.0 Å². The number of benzene rings is 2. The van der Waals surface area contributed by atoms with Crippen LogP contribution in [0.5, 0.6) is 0 Å². The average molecular weight is 406 g/mol. The molecule has 1 saturated heterocycles. The molecule has 4 rings (SSSR count). The largest absolute Gasteiger partial charge is 0.354 e. The van der Waals surface area contributed by atoms with Gasteiger partial charge in [-0.3, -0.25) is 14.6 Å². The highest BCUT2D eigenvalue weighted by Gasteiger charge is 2.39. The highest BCUT2D eigenvalue weighted by atomic mass is 16.1. The number of carbonyl (C=O) groups is 1. The summed E-state index contributed by atoms with van der Waals surface area (Å²) < 4.78 is 0. The Kier molecular flexibility index (Phi) is 7.19. The monoisotopic (exact) mass is 405 g/mol. The summed E-state index contributed by atoms with van der Waals surface area (Å²) in [7, 11) is 0. The van der Waals surface area contributed by atoms with Gasteiger partial charge in [0.2, 0.25) is 5.91 Å². The van der Waals surface area contributed by atoms with Gasteiger partial charge in [-0.05, 0) is 24.0 Å². The summed E-state index contributed by atoms with van der Waals surface area (Å²) in [4.78, 5) is 17.9. The third-order valence-corrected chi connectivity index (χ3v) is 6.90. The van der Waals surface area contributed by atoms with Crippen LogP contribution in [-0.2, 0) is 17.8 Å². The van der Waals surface area contributed by atoms with Crippen molar-refractivity contribution < 1.29 is 4.79 Å². The summed E-state index contributed by atoms with van der Waals surface area (Å²) in [6.45, 7) is 6.23. The van der Waals surface area contributed by atoms with E-state index in [0.717, 1.165) is 44.8 Å². The minimum Gasteiger partial charge on any atom is -0.354 e. The smallest absolute Gasteiger partial charge is 0.224 e. The first-order valence-electron chi connectivity index (χ1n) is 11.6. The van der Waals surface area contributed by atoms with Crippen molar-refractivity contribution in [1.29, 1.82) is 0 Å². The molecule has 160 valence electrons. The molecule has 2 fully saturated rings. The topological polar surface area (TPSA) is 35.6 Å². The summed E-state index contributed by atoms with van der Waals surface area (Å²) in [5, 5.41) is 3.30. The molecule has 0 unspecified atom stereocenters. The van der Waals surface area contributed by atoms with Crippen LogP contribution in [0, 0.1) is 0 Å². The summed E-state index contributed by atoms with van der Waals surface area (Å²) >= 11 is 0. The van der Waals surface area contributed by atoms with Gasteiger partial charge in [0.1, 0.15) is 0 Å². The number of hydrogen-bond donors (Lipinski definition) is 1.